The van der Waals surface area contributed by atoms with Crippen LogP contribution in [0, 0.1) is 42.9 Å². The van der Waals surface area contributed by atoms with E-state index in [1.165, 1.54) is 18.2 Å². The van der Waals surface area contributed by atoms with Gasteiger partial charge in [0, 0.05) is 24.5 Å². The van der Waals surface area contributed by atoms with Crippen LogP contribution in [0.5, 0.6) is 0 Å². The predicted octanol–water partition coefficient (Wildman–Crippen LogP) is 3.31. The number of hydrogen-bond acceptors (Lipinski definition) is 7. The Morgan fingerprint density at radius 1 is 0.857 bits per heavy atom. The number of nitrogens with zero attached hydrogens (tertiary/aromatic N) is 5. The molecule has 1 heterocycles. The number of rotatable bonds is 3. The topological polar surface area (TPSA) is 165 Å². The molecule has 0 atom stereocenters. The molecular formula is C18H12N6O4. The van der Waals surface area contributed by atoms with E-state index in [1.54, 1.807) is 47.3 Å². The zero-order valence-electron chi connectivity index (χ0n) is 14.2. The molecule has 0 aliphatic heterocycles. The Balaban J connectivity index is 0.000000209. The van der Waals surface area contributed by atoms with Gasteiger partial charge in [-0.1, -0.05) is 0 Å². The highest BCUT2D eigenvalue weighted by molar-refractivity contribution is 5.60. The molecule has 0 saturated heterocycles. The first-order chi connectivity index (χ1) is 13.4. The number of benzene rings is 2. The number of nitro benzene ring substituents is 2. The summed E-state index contributed by atoms with van der Waals surface area (Å²) in [5, 5.41) is 38.3. The first kappa shape index (κ1) is 19.6. The van der Waals surface area contributed by atoms with Gasteiger partial charge in [0.1, 0.15) is 11.4 Å². The van der Waals surface area contributed by atoms with Crippen molar-refractivity contribution in [2.24, 2.45) is 0 Å². The van der Waals surface area contributed by atoms with E-state index >= 15 is 0 Å². The van der Waals surface area contributed by atoms with E-state index in [0.29, 0.717) is 5.69 Å². The minimum absolute atomic E-state index is 0.0685. The second-order valence-electron chi connectivity index (χ2n) is 5.31. The summed E-state index contributed by atoms with van der Waals surface area (Å²) in [5.74, 6) is 0. The zero-order chi connectivity index (χ0) is 20.7. The summed E-state index contributed by atoms with van der Waals surface area (Å²) in [6.45, 7) is 0. The third-order valence-electron chi connectivity index (χ3n) is 3.54. The lowest BCUT2D eigenvalue weighted by Crippen LogP contribution is -1.98. The van der Waals surface area contributed by atoms with Crippen molar-refractivity contribution in [3.63, 3.8) is 0 Å². The number of nitrogens with two attached hydrogens (primary N) is 1. The fourth-order valence-electron chi connectivity index (χ4n) is 2.22. The van der Waals surface area contributed by atoms with Gasteiger partial charge in [0.15, 0.2) is 0 Å². The van der Waals surface area contributed by atoms with Crippen LogP contribution in [0.3, 0.4) is 0 Å². The van der Waals surface area contributed by atoms with Crippen molar-refractivity contribution in [1.29, 1.82) is 10.5 Å². The van der Waals surface area contributed by atoms with E-state index in [4.69, 9.17) is 16.3 Å². The summed E-state index contributed by atoms with van der Waals surface area (Å²) in [6.07, 6.45) is 3.43. The highest BCUT2D eigenvalue weighted by Gasteiger charge is 2.15. The molecule has 2 aromatic carbocycles. The van der Waals surface area contributed by atoms with Crippen LogP contribution in [0.25, 0.3) is 5.69 Å². The van der Waals surface area contributed by atoms with E-state index in [1.807, 2.05) is 6.07 Å². The summed E-state index contributed by atoms with van der Waals surface area (Å²) in [5.41, 5.74) is 6.03. The van der Waals surface area contributed by atoms with Crippen molar-refractivity contribution >= 4 is 17.1 Å². The standard InChI is InChI=1S/C11H7N3O2.C7H5N3O2/c12-8-9-3-4-10(11(7-9)14(15)16)13-5-1-2-6-13;8-4-5-1-2-6(9)7(3-5)10(11)12/h1-7H;1-3H,9H2. The van der Waals surface area contributed by atoms with Gasteiger partial charge in [0.2, 0.25) is 0 Å². The number of hydrogen-bond donors (Lipinski definition) is 1. The van der Waals surface area contributed by atoms with Gasteiger partial charge >= 0.3 is 0 Å². The molecule has 0 fully saturated rings. The molecule has 138 valence electrons. The van der Waals surface area contributed by atoms with Crippen molar-refractivity contribution in [2.45, 2.75) is 0 Å². The lowest BCUT2D eigenvalue weighted by molar-refractivity contribution is -0.384. The molecule has 0 radical (unpaired) electrons. The maximum absolute atomic E-state index is 10.9. The van der Waals surface area contributed by atoms with Crippen molar-refractivity contribution in [3.8, 4) is 17.8 Å². The average Bonchev–Trinajstić information content (AvgIpc) is 3.22. The Bertz CT molecular complexity index is 1110. The van der Waals surface area contributed by atoms with Crippen molar-refractivity contribution in [3.05, 3.63) is 92.3 Å². The zero-order valence-corrected chi connectivity index (χ0v) is 14.2. The number of nitriles is 2. The van der Waals surface area contributed by atoms with Crippen LogP contribution in [0.1, 0.15) is 11.1 Å². The van der Waals surface area contributed by atoms with Crippen LogP contribution in [0.15, 0.2) is 60.9 Å². The van der Waals surface area contributed by atoms with E-state index < -0.39 is 9.85 Å². The number of nitro groups is 2. The van der Waals surface area contributed by atoms with Gasteiger partial charge in [-0.15, -0.1) is 0 Å². The van der Waals surface area contributed by atoms with E-state index in [-0.39, 0.29) is 28.2 Å². The molecule has 1 aromatic heterocycles. The molecule has 10 heteroatoms. The average molecular weight is 376 g/mol. The summed E-state index contributed by atoms with van der Waals surface area (Å²) >= 11 is 0. The monoisotopic (exact) mass is 376 g/mol. The summed E-state index contributed by atoms with van der Waals surface area (Å²) in [7, 11) is 0. The third-order valence-corrected chi connectivity index (χ3v) is 3.54. The van der Waals surface area contributed by atoms with Gasteiger partial charge in [0.25, 0.3) is 11.4 Å². The fourth-order valence-corrected chi connectivity index (χ4v) is 2.22. The molecule has 0 unspecified atom stereocenters. The second-order valence-corrected chi connectivity index (χ2v) is 5.31. The van der Waals surface area contributed by atoms with Crippen molar-refractivity contribution in [2.75, 3.05) is 5.73 Å². The van der Waals surface area contributed by atoms with Gasteiger partial charge in [-0.05, 0) is 36.4 Å². The molecule has 10 nitrogen and oxygen atoms in total. The van der Waals surface area contributed by atoms with Crippen molar-refractivity contribution < 1.29 is 9.85 Å². The van der Waals surface area contributed by atoms with Gasteiger partial charge < -0.3 is 10.3 Å². The minimum Gasteiger partial charge on any atom is -0.393 e. The molecule has 0 amide bonds. The van der Waals surface area contributed by atoms with Crippen LogP contribution in [0.4, 0.5) is 17.1 Å². The lowest BCUT2D eigenvalue weighted by atomic mass is 10.2. The molecule has 0 aliphatic rings. The summed E-state index contributed by atoms with van der Waals surface area (Å²) in [6, 6.07) is 15.6. The molecular weight excluding hydrogens is 364 g/mol. The molecule has 28 heavy (non-hydrogen) atoms. The van der Waals surface area contributed by atoms with Gasteiger partial charge in [-0.3, -0.25) is 20.2 Å². The van der Waals surface area contributed by atoms with Crippen LogP contribution < -0.4 is 5.73 Å². The second kappa shape index (κ2) is 8.60. The molecule has 2 N–H and O–H groups in total. The fraction of sp³-hybridized carbons (Fsp3) is 0. The van der Waals surface area contributed by atoms with Crippen molar-refractivity contribution in [1.82, 2.24) is 4.57 Å². The Labute approximate surface area is 158 Å². The number of nitrogen functional groups attached to an aromatic ring is 1. The largest absolute Gasteiger partial charge is 0.393 e. The van der Waals surface area contributed by atoms with E-state index in [0.717, 1.165) is 6.07 Å². The van der Waals surface area contributed by atoms with E-state index in [2.05, 4.69) is 0 Å². The maximum atomic E-state index is 10.9. The Morgan fingerprint density at radius 3 is 1.86 bits per heavy atom. The Morgan fingerprint density at radius 2 is 1.36 bits per heavy atom. The smallest absolute Gasteiger partial charge is 0.294 e. The SMILES string of the molecule is N#Cc1ccc(-n2cccc2)c([N+](=O)[O-])c1.N#Cc1ccc(N)c([N+](=O)[O-])c1. The molecule has 0 aliphatic carbocycles. The Kier molecular flexibility index (Phi) is 6.03. The molecule has 3 aromatic rings. The van der Waals surface area contributed by atoms with Crippen LogP contribution in [0.2, 0.25) is 0 Å². The van der Waals surface area contributed by atoms with Gasteiger partial charge in [-0.2, -0.15) is 10.5 Å². The van der Waals surface area contributed by atoms with Crippen LogP contribution in [-0.2, 0) is 0 Å². The Hall–Kier alpha value is -4.70. The molecule has 0 bridgehead atoms. The number of aromatic nitrogens is 1. The highest BCUT2D eigenvalue weighted by atomic mass is 16.6. The molecule has 0 spiro atoms. The predicted molar refractivity (Wildman–Crippen MR) is 99.4 cm³/mol. The first-order valence-electron chi connectivity index (χ1n) is 7.63. The first-order valence-corrected chi connectivity index (χ1v) is 7.63. The normalized spacial score (nSPS) is 9.36. The van der Waals surface area contributed by atoms with Gasteiger partial charge in [0.05, 0.1) is 33.1 Å². The third kappa shape index (κ3) is 4.47. The lowest BCUT2D eigenvalue weighted by Gasteiger charge is -2.03. The maximum Gasteiger partial charge on any atom is 0.294 e. The number of anilines is 1. The van der Waals surface area contributed by atoms with Gasteiger partial charge in [-0.25, -0.2) is 0 Å². The van der Waals surface area contributed by atoms with Crippen LogP contribution >= 0.6 is 0 Å². The quantitative estimate of drug-likeness (QED) is 0.416. The summed E-state index contributed by atoms with van der Waals surface area (Å²) in [4.78, 5) is 20.1. The van der Waals surface area contributed by atoms with E-state index in [9.17, 15) is 20.2 Å². The highest BCUT2D eigenvalue weighted by Crippen LogP contribution is 2.24. The summed E-state index contributed by atoms with van der Waals surface area (Å²) < 4.78 is 1.64. The molecule has 3 rings (SSSR count). The minimum atomic E-state index is -0.615. The van der Waals surface area contributed by atoms with Crippen LogP contribution in [-0.4, -0.2) is 14.4 Å². The molecule has 0 saturated carbocycles.